The molecule has 3 N–H and O–H groups in total. The Morgan fingerprint density at radius 1 is 1.00 bits per heavy atom. The quantitative estimate of drug-likeness (QED) is 0.556. The Balaban J connectivity index is 1.75. The van der Waals surface area contributed by atoms with Crippen molar-refractivity contribution >= 4 is 33.2 Å². The minimum atomic E-state index is -4.01. The molecule has 0 amide bonds. The molecule has 3 aromatic rings. The maximum absolute atomic E-state index is 13.8. The van der Waals surface area contributed by atoms with Crippen molar-refractivity contribution in [2.24, 2.45) is 0 Å². The van der Waals surface area contributed by atoms with Crippen LogP contribution in [0.15, 0.2) is 59.5 Å². The molecule has 2 aromatic carbocycles. The van der Waals surface area contributed by atoms with Gasteiger partial charge in [0.25, 0.3) is 10.0 Å². The van der Waals surface area contributed by atoms with Crippen LogP contribution in [0.1, 0.15) is 12.6 Å². The number of hydrogen-bond acceptors (Lipinski definition) is 6. The van der Waals surface area contributed by atoms with Gasteiger partial charge in [-0.2, -0.15) is 4.98 Å². The minimum Gasteiger partial charge on any atom is -0.370 e. The second-order valence-electron chi connectivity index (χ2n) is 5.99. The zero-order valence-corrected chi connectivity index (χ0v) is 16.2. The van der Waals surface area contributed by atoms with Crippen molar-refractivity contribution in [2.45, 2.75) is 18.7 Å². The topological polar surface area (TPSA) is 96.0 Å². The van der Waals surface area contributed by atoms with E-state index in [1.807, 2.05) is 19.9 Å². The SMILES string of the molecule is CCNc1cc(C)nc(Nc2ccc(NS(=O)(=O)c3ccccc3F)cc2)n1. The summed E-state index contributed by atoms with van der Waals surface area (Å²) in [7, 11) is -4.01. The van der Waals surface area contributed by atoms with Gasteiger partial charge in [0, 0.05) is 29.7 Å². The van der Waals surface area contributed by atoms with Crippen LogP contribution in [0, 0.1) is 12.7 Å². The summed E-state index contributed by atoms with van der Waals surface area (Å²) in [5.74, 6) is 0.337. The molecule has 0 radical (unpaired) electrons. The lowest BCUT2D eigenvalue weighted by Gasteiger charge is -2.11. The van der Waals surface area contributed by atoms with Gasteiger partial charge in [0.05, 0.1) is 0 Å². The molecule has 0 aliphatic carbocycles. The molecule has 7 nitrogen and oxygen atoms in total. The van der Waals surface area contributed by atoms with E-state index in [1.165, 1.54) is 18.2 Å². The highest BCUT2D eigenvalue weighted by molar-refractivity contribution is 7.92. The molecule has 0 unspecified atom stereocenters. The van der Waals surface area contributed by atoms with Crippen molar-refractivity contribution in [2.75, 3.05) is 21.9 Å². The first-order chi connectivity index (χ1) is 13.4. The van der Waals surface area contributed by atoms with Gasteiger partial charge in [-0.25, -0.2) is 17.8 Å². The van der Waals surface area contributed by atoms with E-state index in [9.17, 15) is 12.8 Å². The molecule has 28 heavy (non-hydrogen) atoms. The van der Waals surface area contributed by atoms with E-state index >= 15 is 0 Å². The summed E-state index contributed by atoms with van der Waals surface area (Å²) >= 11 is 0. The van der Waals surface area contributed by atoms with Crippen LogP contribution in [-0.2, 0) is 10.0 Å². The van der Waals surface area contributed by atoms with Crippen molar-refractivity contribution in [3.05, 3.63) is 66.1 Å². The Bertz CT molecular complexity index is 1070. The molecule has 0 fully saturated rings. The van der Waals surface area contributed by atoms with Gasteiger partial charge in [-0.3, -0.25) is 4.72 Å². The number of sulfonamides is 1. The van der Waals surface area contributed by atoms with Crippen LogP contribution in [0.4, 0.5) is 27.5 Å². The van der Waals surface area contributed by atoms with E-state index in [0.29, 0.717) is 23.1 Å². The fraction of sp³-hybridized carbons (Fsp3) is 0.158. The monoisotopic (exact) mass is 401 g/mol. The molecule has 1 heterocycles. The zero-order chi connectivity index (χ0) is 20.1. The highest BCUT2D eigenvalue weighted by atomic mass is 32.2. The van der Waals surface area contributed by atoms with E-state index < -0.39 is 20.7 Å². The van der Waals surface area contributed by atoms with Crippen molar-refractivity contribution in [1.82, 2.24) is 9.97 Å². The van der Waals surface area contributed by atoms with E-state index in [1.54, 1.807) is 24.3 Å². The fourth-order valence-electron chi connectivity index (χ4n) is 2.52. The lowest BCUT2D eigenvalue weighted by molar-refractivity contribution is 0.570. The summed E-state index contributed by atoms with van der Waals surface area (Å²) < 4.78 is 40.8. The number of aromatic nitrogens is 2. The lowest BCUT2D eigenvalue weighted by Crippen LogP contribution is -2.14. The molecule has 0 spiro atoms. The molecule has 9 heteroatoms. The van der Waals surface area contributed by atoms with Crippen LogP contribution in [-0.4, -0.2) is 24.9 Å². The Morgan fingerprint density at radius 2 is 1.68 bits per heavy atom. The Morgan fingerprint density at radius 3 is 2.36 bits per heavy atom. The summed E-state index contributed by atoms with van der Waals surface area (Å²) in [4.78, 5) is 8.29. The third-order valence-corrected chi connectivity index (χ3v) is 5.15. The van der Waals surface area contributed by atoms with E-state index in [2.05, 4.69) is 25.3 Å². The number of nitrogens with one attached hydrogen (secondary N) is 3. The normalized spacial score (nSPS) is 11.1. The van der Waals surface area contributed by atoms with Gasteiger partial charge in [0.2, 0.25) is 5.95 Å². The summed E-state index contributed by atoms with van der Waals surface area (Å²) in [6.07, 6.45) is 0. The molecule has 0 saturated heterocycles. The van der Waals surface area contributed by atoms with Crippen molar-refractivity contribution in [3.8, 4) is 0 Å². The van der Waals surface area contributed by atoms with E-state index in [0.717, 1.165) is 18.3 Å². The first-order valence-electron chi connectivity index (χ1n) is 8.61. The zero-order valence-electron chi connectivity index (χ0n) is 15.4. The van der Waals surface area contributed by atoms with Gasteiger partial charge in [0.15, 0.2) is 0 Å². The number of halogens is 1. The Labute approximate surface area is 163 Å². The molecule has 0 saturated carbocycles. The minimum absolute atomic E-state index is 0.312. The molecular weight excluding hydrogens is 381 g/mol. The van der Waals surface area contributed by atoms with Gasteiger partial charge in [-0.05, 0) is 50.2 Å². The Hall–Kier alpha value is -3.20. The molecule has 0 aliphatic rings. The van der Waals surface area contributed by atoms with Gasteiger partial charge in [-0.15, -0.1) is 0 Å². The number of aryl methyl sites for hydroxylation is 1. The van der Waals surface area contributed by atoms with Crippen LogP contribution in [0.5, 0.6) is 0 Å². The second kappa shape index (κ2) is 8.22. The molecule has 146 valence electrons. The summed E-state index contributed by atoms with van der Waals surface area (Å²) in [6, 6.07) is 13.6. The Kier molecular flexibility index (Phi) is 5.74. The molecule has 0 atom stereocenters. The van der Waals surface area contributed by atoms with Crippen LogP contribution in [0.25, 0.3) is 0 Å². The maximum atomic E-state index is 13.8. The van der Waals surface area contributed by atoms with E-state index in [4.69, 9.17) is 0 Å². The van der Waals surface area contributed by atoms with E-state index in [-0.39, 0.29) is 0 Å². The summed E-state index contributed by atoms with van der Waals surface area (Å²) in [6.45, 7) is 4.59. The van der Waals surface area contributed by atoms with Crippen LogP contribution in [0.3, 0.4) is 0 Å². The molecular formula is C19H20FN5O2S. The van der Waals surface area contributed by atoms with Crippen LogP contribution < -0.4 is 15.4 Å². The third kappa shape index (κ3) is 4.74. The van der Waals surface area contributed by atoms with Gasteiger partial charge < -0.3 is 10.6 Å². The highest BCUT2D eigenvalue weighted by Gasteiger charge is 2.18. The van der Waals surface area contributed by atoms with Crippen molar-refractivity contribution < 1.29 is 12.8 Å². The lowest BCUT2D eigenvalue weighted by atomic mass is 10.3. The summed E-state index contributed by atoms with van der Waals surface area (Å²) in [5, 5.41) is 6.21. The highest BCUT2D eigenvalue weighted by Crippen LogP contribution is 2.22. The number of benzene rings is 2. The molecule has 1 aromatic heterocycles. The fourth-order valence-corrected chi connectivity index (χ4v) is 3.66. The van der Waals surface area contributed by atoms with Gasteiger partial charge in [-0.1, -0.05) is 12.1 Å². The number of nitrogens with zero attached hydrogens (tertiary/aromatic N) is 2. The summed E-state index contributed by atoms with van der Waals surface area (Å²) in [5.41, 5.74) is 1.80. The smallest absolute Gasteiger partial charge is 0.264 e. The predicted octanol–water partition coefficient (Wildman–Crippen LogP) is 3.90. The van der Waals surface area contributed by atoms with Gasteiger partial charge >= 0.3 is 0 Å². The predicted molar refractivity (Wildman–Crippen MR) is 108 cm³/mol. The molecule has 0 aliphatic heterocycles. The van der Waals surface area contributed by atoms with Crippen molar-refractivity contribution in [3.63, 3.8) is 0 Å². The maximum Gasteiger partial charge on any atom is 0.264 e. The average molecular weight is 401 g/mol. The van der Waals surface area contributed by atoms with Crippen LogP contribution in [0.2, 0.25) is 0 Å². The first-order valence-corrected chi connectivity index (χ1v) is 10.1. The average Bonchev–Trinajstić information content (AvgIpc) is 2.63. The number of anilines is 4. The first kappa shape index (κ1) is 19.6. The molecule has 0 bridgehead atoms. The third-order valence-electron chi connectivity index (χ3n) is 3.73. The number of rotatable bonds is 7. The van der Waals surface area contributed by atoms with Crippen molar-refractivity contribution in [1.29, 1.82) is 0 Å². The largest absolute Gasteiger partial charge is 0.370 e. The number of hydrogen-bond donors (Lipinski definition) is 3. The standard InChI is InChI=1S/C19H20FN5O2S/c1-3-21-18-12-13(2)22-19(24-18)23-14-8-10-15(11-9-14)25-28(26,27)17-7-5-4-6-16(17)20/h4-12,25H,3H2,1-2H3,(H2,21,22,23,24). The van der Waals surface area contributed by atoms with Crippen LogP contribution >= 0.6 is 0 Å². The second-order valence-corrected chi connectivity index (χ2v) is 7.64. The molecule has 3 rings (SSSR count). The van der Waals surface area contributed by atoms with Gasteiger partial charge in [0.1, 0.15) is 16.5 Å².